The third-order valence-electron chi connectivity index (χ3n) is 2.43. The Morgan fingerprint density at radius 3 is 2.57 bits per heavy atom. The van der Waals surface area contributed by atoms with Crippen LogP contribution < -0.4 is 5.32 Å². The van der Waals surface area contributed by atoms with Gasteiger partial charge < -0.3 is 15.5 Å². The van der Waals surface area contributed by atoms with E-state index in [0.717, 1.165) is 0 Å². The summed E-state index contributed by atoms with van der Waals surface area (Å²) in [4.78, 5) is 21.7. The fourth-order valence-electron chi connectivity index (χ4n) is 1.25. The molecular formula is C9H15NO4. The lowest BCUT2D eigenvalue weighted by molar-refractivity contribution is -0.140. The number of nitrogens with one attached hydrogen (secondary N) is 1. The number of amides is 1. The van der Waals surface area contributed by atoms with Gasteiger partial charge in [-0.2, -0.15) is 0 Å². The van der Waals surface area contributed by atoms with Crippen LogP contribution in [-0.4, -0.2) is 34.7 Å². The highest BCUT2D eigenvalue weighted by molar-refractivity contribution is 5.89. The number of carbonyl (C=O) groups is 2. The lowest BCUT2D eigenvalue weighted by atomic mass is 10.2. The number of aliphatic hydroxyl groups is 1. The Morgan fingerprint density at radius 2 is 2.14 bits per heavy atom. The van der Waals surface area contributed by atoms with Crippen molar-refractivity contribution < 1.29 is 19.8 Å². The molecule has 0 aromatic carbocycles. The average Bonchev–Trinajstić information content (AvgIpc) is 2.92. The van der Waals surface area contributed by atoms with Crippen molar-refractivity contribution in [1.29, 1.82) is 0 Å². The van der Waals surface area contributed by atoms with Crippen LogP contribution in [0.5, 0.6) is 0 Å². The Morgan fingerprint density at radius 1 is 1.50 bits per heavy atom. The normalized spacial score (nSPS) is 26.7. The highest BCUT2D eigenvalue weighted by Crippen LogP contribution is 2.38. The van der Waals surface area contributed by atoms with E-state index in [1.165, 1.54) is 0 Å². The van der Waals surface area contributed by atoms with Crippen LogP contribution in [-0.2, 0) is 9.59 Å². The molecule has 1 aliphatic carbocycles. The first-order valence-electron chi connectivity index (χ1n) is 4.74. The molecule has 3 N–H and O–H groups in total. The van der Waals surface area contributed by atoms with Gasteiger partial charge in [0.1, 0.15) is 0 Å². The van der Waals surface area contributed by atoms with E-state index >= 15 is 0 Å². The fourth-order valence-corrected chi connectivity index (χ4v) is 1.25. The Bertz CT molecular complexity index is 241. The molecule has 5 heteroatoms. The molecule has 0 saturated heterocycles. The van der Waals surface area contributed by atoms with Gasteiger partial charge in [0.25, 0.3) is 0 Å². The summed E-state index contributed by atoms with van der Waals surface area (Å²) in [7, 11) is 0. The Hall–Kier alpha value is -1.10. The molecule has 0 aromatic rings. The van der Waals surface area contributed by atoms with Crippen molar-refractivity contribution in [2.45, 2.75) is 25.9 Å². The summed E-state index contributed by atoms with van der Waals surface area (Å²) in [5.41, 5.74) is 0. The van der Waals surface area contributed by atoms with Crippen molar-refractivity contribution >= 4 is 11.9 Å². The lowest BCUT2D eigenvalue weighted by Gasteiger charge is -2.08. The minimum absolute atomic E-state index is 0.207. The standard InChI is InChI=1S/C9H15NO4/c1-2-5(11)4-10-8(12)6-3-7(6)9(13)14/h5-7,11H,2-4H2,1H3,(H,10,12)(H,13,14)/t5?,6-,7+/m1/s1. The second-order valence-corrected chi connectivity index (χ2v) is 3.59. The molecule has 1 rings (SSSR count). The van der Waals surface area contributed by atoms with Crippen molar-refractivity contribution in [1.82, 2.24) is 5.32 Å². The molecule has 80 valence electrons. The first-order valence-corrected chi connectivity index (χ1v) is 4.74. The van der Waals surface area contributed by atoms with E-state index in [9.17, 15) is 9.59 Å². The van der Waals surface area contributed by atoms with Gasteiger partial charge >= 0.3 is 5.97 Å². The number of rotatable bonds is 5. The van der Waals surface area contributed by atoms with Crippen LogP contribution in [0.25, 0.3) is 0 Å². The quantitative estimate of drug-likeness (QED) is 0.564. The summed E-state index contributed by atoms with van der Waals surface area (Å²) in [6.45, 7) is 2.02. The van der Waals surface area contributed by atoms with Gasteiger partial charge in [0.2, 0.25) is 5.91 Å². The maximum atomic E-state index is 11.3. The molecule has 14 heavy (non-hydrogen) atoms. The van der Waals surface area contributed by atoms with Crippen molar-refractivity contribution in [2.24, 2.45) is 11.8 Å². The number of hydrogen-bond acceptors (Lipinski definition) is 3. The topological polar surface area (TPSA) is 86.6 Å². The fraction of sp³-hybridized carbons (Fsp3) is 0.778. The molecule has 0 radical (unpaired) electrons. The van der Waals surface area contributed by atoms with E-state index in [0.29, 0.717) is 12.8 Å². The number of carbonyl (C=O) groups excluding carboxylic acids is 1. The van der Waals surface area contributed by atoms with E-state index in [4.69, 9.17) is 10.2 Å². The summed E-state index contributed by atoms with van der Waals surface area (Å²) in [6, 6.07) is 0. The maximum Gasteiger partial charge on any atom is 0.307 e. The van der Waals surface area contributed by atoms with Gasteiger partial charge in [0.05, 0.1) is 17.9 Å². The molecule has 0 bridgehead atoms. The molecule has 5 nitrogen and oxygen atoms in total. The smallest absolute Gasteiger partial charge is 0.307 e. The van der Waals surface area contributed by atoms with Gasteiger partial charge in [-0.25, -0.2) is 0 Å². The van der Waals surface area contributed by atoms with Crippen LogP contribution in [0.1, 0.15) is 19.8 Å². The number of carboxylic acids is 1. The van der Waals surface area contributed by atoms with Crippen molar-refractivity contribution in [2.75, 3.05) is 6.54 Å². The summed E-state index contributed by atoms with van der Waals surface area (Å²) in [5, 5.41) is 20.2. The monoisotopic (exact) mass is 201 g/mol. The zero-order valence-electron chi connectivity index (χ0n) is 8.06. The van der Waals surface area contributed by atoms with Gasteiger partial charge in [-0.05, 0) is 12.8 Å². The highest BCUT2D eigenvalue weighted by atomic mass is 16.4. The molecule has 0 heterocycles. The molecule has 1 amide bonds. The molecule has 1 fully saturated rings. The third kappa shape index (κ3) is 2.70. The molecule has 1 aliphatic rings. The van der Waals surface area contributed by atoms with Gasteiger partial charge in [0, 0.05) is 6.54 Å². The van der Waals surface area contributed by atoms with E-state index in [1.54, 1.807) is 0 Å². The van der Waals surface area contributed by atoms with Crippen molar-refractivity contribution in [3.05, 3.63) is 0 Å². The number of aliphatic hydroxyl groups excluding tert-OH is 1. The van der Waals surface area contributed by atoms with E-state index in [-0.39, 0.29) is 12.5 Å². The summed E-state index contributed by atoms with van der Waals surface area (Å²) in [6.07, 6.45) is 0.456. The van der Waals surface area contributed by atoms with Crippen LogP contribution in [0.4, 0.5) is 0 Å². The van der Waals surface area contributed by atoms with Crippen LogP contribution in [0.3, 0.4) is 0 Å². The van der Waals surface area contributed by atoms with Crippen LogP contribution in [0.2, 0.25) is 0 Å². The average molecular weight is 201 g/mol. The minimum atomic E-state index is -0.916. The molecule has 1 saturated carbocycles. The molecule has 0 aromatic heterocycles. The summed E-state index contributed by atoms with van der Waals surface area (Å²) >= 11 is 0. The molecule has 3 atom stereocenters. The third-order valence-corrected chi connectivity index (χ3v) is 2.43. The van der Waals surface area contributed by atoms with E-state index in [2.05, 4.69) is 5.32 Å². The van der Waals surface area contributed by atoms with E-state index < -0.39 is 23.9 Å². The van der Waals surface area contributed by atoms with Crippen molar-refractivity contribution in [3.8, 4) is 0 Å². The second-order valence-electron chi connectivity index (χ2n) is 3.59. The zero-order chi connectivity index (χ0) is 10.7. The lowest BCUT2D eigenvalue weighted by Crippen LogP contribution is -2.33. The predicted octanol–water partition coefficient (Wildman–Crippen LogP) is -0.406. The number of aliphatic carboxylic acids is 1. The largest absolute Gasteiger partial charge is 0.481 e. The van der Waals surface area contributed by atoms with Crippen LogP contribution >= 0.6 is 0 Å². The first-order chi connectivity index (χ1) is 6.56. The van der Waals surface area contributed by atoms with Crippen LogP contribution in [0, 0.1) is 11.8 Å². The minimum Gasteiger partial charge on any atom is -0.481 e. The van der Waals surface area contributed by atoms with Gasteiger partial charge in [-0.1, -0.05) is 6.92 Å². The summed E-state index contributed by atoms with van der Waals surface area (Å²) < 4.78 is 0. The number of carboxylic acid groups (broad SMARTS) is 1. The SMILES string of the molecule is CCC(O)CNC(=O)[C@@H]1C[C@@H]1C(=O)O. The van der Waals surface area contributed by atoms with Gasteiger partial charge in [0.15, 0.2) is 0 Å². The molecule has 1 unspecified atom stereocenters. The number of hydrogen-bond donors (Lipinski definition) is 3. The highest BCUT2D eigenvalue weighted by Gasteiger charge is 2.48. The van der Waals surface area contributed by atoms with Crippen LogP contribution in [0.15, 0.2) is 0 Å². The molecule has 0 aliphatic heterocycles. The first kappa shape index (κ1) is 11.0. The Kier molecular flexibility index (Phi) is 3.46. The maximum absolute atomic E-state index is 11.3. The predicted molar refractivity (Wildman–Crippen MR) is 48.5 cm³/mol. The Labute approximate surface area is 82.1 Å². The zero-order valence-corrected chi connectivity index (χ0v) is 8.06. The molecular weight excluding hydrogens is 186 g/mol. The summed E-state index contributed by atoms with van der Waals surface area (Å²) in [5.74, 6) is -2.09. The molecule has 0 spiro atoms. The van der Waals surface area contributed by atoms with Gasteiger partial charge in [-0.3, -0.25) is 9.59 Å². The van der Waals surface area contributed by atoms with Gasteiger partial charge in [-0.15, -0.1) is 0 Å². The Balaban J connectivity index is 2.21. The second kappa shape index (κ2) is 4.41. The van der Waals surface area contributed by atoms with E-state index in [1.807, 2.05) is 6.92 Å². The van der Waals surface area contributed by atoms with Crippen molar-refractivity contribution in [3.63, 3.8) is 0 Å².